The first kappa shape index (κ1) is 12.9. The molecule has 1 saturated carbocycles. The molecule has 0 aliphatic heterocycles. The second kappa shape index (κ2) is 4.59. The number of carboxylic acids is 1. The summed E-state index contributed by atoms with van der Waals surface area (Å²) in [6.45, 7) is 5.10. The number of hydrogen-bond donors (Lipinski definition) is 2. The number of rotatable bonds is 5. The van der Waals surface area contributed by atoms with Gasteiger partial charge in [0.1, 0.15) is 5.82 Å². The quantitative estimate of drug-likeness (QED) is 0.843. The van der Waals surface area contributed by atoms with Crippen molar-refractivity contribution in [3.05, 3.63) is 29.6 Å². The second-order valence-electron chi connectivity index (χ2n) is 5.37. The number of carboxylic acid groups (broad SMARTS) is 1. The fraction of sp³-hybridized carbons (Fsp3) is 0.500. The minimum atomic E-state index is -1.11. The molecule has 2 N–H and O–H groups in total. The maximum atomic E-state index is 13.0. The van der Waals surface area contributed by atoms with E-state index in [-0.39, 0.29) is 11.0 Å². The van der Waals surface area contributed by atoms with Gasteiger partial charge in [-0.3, -0.25) is 0 Å². The van der Waals surface area contributed by atoms with Gasteiger partial charge in [-0.15, -0.1) is 0 Å². The first-order valence-electron chi connectivity index (χ1n) is 6.21. The molecule has 1 aromatic rings. The van der Waals surface area contributed by atoms with Crippen molar-refractivity contribution in [3.8, 4) is 0 Å². The summed E-state index contributed by atoms with van der Waals surface area (Å²) >= 11 is 0. The Kier molecular flexibility index (Phi) is 3.28. The van der Waals surface area contributed by atoms with Crippen LogP contribution in [0.3, 0.4) is 0 Å². The van der Waals surface area contributed by atoms with E-state index in [1.54, 1.807) is 0 Å². The van der Waals surface area contributed by atoms with Crippen LogP contribution in [0.15, 0.2) is 18.2 Å². The minimum Gasteiger partial charge on any atom is -0.478 e. The maximum Gasteiger partial charge on any atom is 0.337 e. The lowest BCUT2D eigenvalue weighted by atomic mass is 9.92. The average molecular weight is 251 g/mol. The number of nitrogens with one attached hydrogen (secondary N) is 1. The van der Waals surface area contributed by atoms with Crippen LogP contribution in [0, 0.1) is 17.2 Å². The van der Waals surface area contributed by atoms with Gasteiger partial charge in [0, 0.05) is 12.2 Å². The van der Waals surface area contributed by atoms with E-state index in [1.165, 1.54) is 25.0 Å². The number of hydrogen-bond acceptors (Lipinski definition) is 2. The van der Waals surface area contributed by atoms with Gasteiger partial charge in [-0.1, -0.05) is 13.8 Å². The summed E-state index contributed by atoms with van der Waals surface area (Å²) in [5, 5.41) is 12.2. The molecule has 1 aromatic carbocycles. The van der Waals surface area contributed by atoms with Crippen molar-refractivity contribution in [2.75, 3.05) is 11.9 Å². The number of benzene rings is 1. The summed E-state index contributed by atoms with van der Waals surface area (Å²) in [5.41, 5.74) is 0.773. The van der Waals surface area contributed by atoms with Crippen LogP contribution in [0.5, 0.6) is 0 Å². The SMILES string of the molecule is CC(C)C1(CNc2ccc(F)cc2C(=O)O)CC1. The third-order valence-electron chi connectivity index (χ3n) is 3.96. The van der Waals surface area contributed by atoms with Crippen LogP contribution < -0.4 is 5.32 Å². The molecule has 0 aromatic heterocycles. The highest BCUT2D eigenvalue weighted by Crippen LogP contribution is 2.51. The summed E-state index contributed by atoms with van der Waals surface area (Å²) in [4.78, 5) is 11.0. The Morgan fingerprint density at radius 2 is 2.17 bits per heavy atom. The van der Waals surface area contributed by atoms with E-state index >= 15 is 0 Å². The molecule has 0 heterocycles. The molecular weight excluding hydrogens is 233 g/mol. The largest absolute Gasteiger partial charge is 0.478 e. The predicted molar refractivity (Wildman–Crippen MR) is 68.4 cm³/mol. The summed E-state index contributed by atoms with van der Waals surface area (Å²) in [5.74, 6) is -1.06. The molecule has 98 valence electrons. The molecule has 4 heteroatoms. The lowest BCUT2D eigenvalue weighted by Gasteiger charge is -2.21. The molecule has 2 rings (SSSR count). The Morgan fingerprint density at radius 1 is 1.50 bits per heavy atom. The molecule has 1 fully saturated rings. The predicted octanol–water partition coefficient (Wildman–Crippen LogP) is 3.37. The molecule has 1 aliphatic carbocycles. The highest BCUT2D eigenvalue weighted by Gasteiger charge is 2.45. The zero-order valence-electron chi connectivity index (χ0n) is 10.7. The monoisotopic (exact) mass is 251 g/mol. The van der Waals surface area contributed by atoms with E-state index in [1.807, 2.05) is 0 Å². The van der Waals surface area contributed by atoms with E-state index in [4.69, 9.17) is 5.11 Å². The molecule has 0 bridgehead atoms. The zero-order valence-corrected chi connectivity index (χ0v) is 10.7. The third kappa shape index (κ3) is 2.47. The van der Waals surface area contributed by atoms with E-state index < -0.39 is 11.8 Å². The van der Waals surface area contributed by atoms with E-state index in [0.717, 1.165) is 12.6 Å². The van der Waals surface area contributed by atoms with Gasteiger partial charge in [-0.05, 0) is 42.4 Å². The number of halogens is 1. The van der Waals surface area contributed by atoms with Crippen molar-refractivity contribution in [2.24, 2.45) is 11.3 Å². The Labute approximate surface area is 106 Å². The second-order valence-corrected chi connectivity index (χ2v) is 5.37. The van der Waals surface area contributed by atoms with Crippen LogP contribution in [0.2, 0.25) is 0 Å². The van der Waals surface area contributed by atoms with Gasteiger partial charge in [-0.25, -0.2) is 9.18 Å². The molecule has 3 nitrogen and oxygen atoms in total. The fourth-order valence-electron chi connectivity index (χ4n) is 2.24. The van der Waals surface area contributed by atoms with Crippen LogP contribution in [-0.2, 0) is 0 Å². The number of carbonyl (C=O) groups is 1. The van der Waals surface area contributed by atoms with Crippen LogP contribution in [0.25, 0.3) is 0 Å². The minimum absolute atomic E-state index is 0.00504. The van der Waals surface area contributed by atoms with Crippen molar-refractivity contribution in [2.45, 2.75) is 26.7 Å². The molecule has 0 atom stereocenters. The standard InChI is InChI=1S/C14H18FNO2/c1-9(2)14(5-6-14)8-16-12-4-3-10(15)7-11(12)13(17)18/h3-4,7,9,16H,5-6,8H2,1-2H3,(H,17,18). The lowest BCUT2D eigenvalue weighted by molar-refractivity contribution is 0.0697. The van der Waals surface area contributed by atoms with Gasteiger partial charge in [0.15, 0.2) is 0 Å². The first-order chi connectivity index (χ1) is 8.44. The Hall–Kier alpha value is -1.58. The normalized spacial score (nSPS) is 16.7. The van der Waals surface area contributed by atoms with Crippen molar-refractivity contribution in [1.82, 2.24) is 0 Å². The first-order valence-corrected chi connectivity index (χ1v) is 6.21. The summed E-state index contributed by atoms with van der Waals surface area (Å²) < 4.78 is 13.0. The van der Waals surface area contributed by atoms with Crippen LogP contribution in [-0.4, -0.2) is 17.6 Å². The van der Waals surface area contributed by atoms with E-state index in [9.17, 15) is 9.18 Å². The molecule has 18 heavy (non-hydrogen) atoms. The molecule has 0 amide bonds. The molecule has 0 unspecified atom stereocenters. The summed E-state index contributed by atoms with van der Waals surface area (Å²) in [6, 6.07) is 3.83. The fourth-order valence-corrected chi connectivity index (χ4v) is 2.24. The van der Waals surface area contributed by atoms with Gasteiger partial charge >= 0.3 is 5.97 Å². The Morgan fingerprint density at radius 3 is 2.67 bits per heavy atom. The molecule has 0 spiro atoms. The maximum absolute atomic E-state index is 13.0. The van der Waals surface area contributed by atoms with Gasteiger partial charge in [0.05, 0.1) is 5.56 Å². The van der Waals surface area contributed by atoms with E-state index in [2.05, 4.69) is 19.2 Å². The third-order valence-corrected chi connectivity index (χ3v) is 3.96. The van der Waals surface area contributed by atoms with Gasteiger partial charge < -0.3 is 10.4 Å². The molecule has 1 aliphatic rings. The van der Waals surface area contributed by atoms with Crippen molar-refractivity contribution in [1.29, 1.82) is 0 Å². The highest BCUT2D eigenvalue weighted by molar-refractivity contribution is 5.94. The zero-order chi connectivity index (χ0) is 13.3. The molecule has 0 saturated heterocycles. The number of aromatic carboxylic acids is 1. The summed E-state index contributed by atoms with van der Waals surface area (Å²) in [6.07, 6.45) is 2.34. The van der Waals surface area contributed by atoms with Crippen molar-refractivity contribution >= 4 is 11.7 Å². The lowest BCUT2D eigenvalue weighted by Crippen LogP contribution is -2.21. The summed E-state index contributed by atoms with van der Waals surface area (Å²) in [7, 11) is 0. The van der Waals surface area contributed by atoms with Crippen molar-refractivity contribution in [3.63, 3.8) is 0 Å². The molecule has 0 radical (unpaired) electrons. The van der Waals surface area contributed by atoms with Crippen LogP contribution >= 0.6 is 0 Å². The van der Waals surface area contributed by atoms with Crippen LogP contribution in [0.1, 0.15) is 37.0 Å². The molecular formula is C14H18FNO2. The average Bonchev–Trinajstić information content (AvgIpc) is 3.08. The van der Waals surface area contributed by atoms with Crippen molar-refractivity contribution < 1.29 is 14.3 Å². The van der Waals surface area contributed by atoms with E-state index in [0.29, 0.717) is 11.6 Å². The highest BCUT2D eigenvalue weighted by atomic mass is 19.1. The van der Waals surface area contributed by atoms with Crippen LogP contribution in [0.4, 0.5) is 10.1 Å². The topological polar surface area (TPSA) is 49.3 Å². The van der Waals surface area contributed by atoms with Gasteiger partial charge in [0.25, 0.3) is 0 Å². The van der Waals surface area contributed by atoms with Gasteiger partial charge in [0.2, 0.25) is 0 Å². The van der Waals surface area contributed by atoms with Gasteiger partial charge in [-0.2, -0.15) is 0 Å². The Bertz CT molecular complexity index is 467. The number of anilines is 1. The Balaban J connectivity index is 2.12. The smallest absolute Gasteiger partial charge is 0.337 e.